The number of rotatable bonds is 9. The highest BCUT2D eigenvalue weighted by molar-refractivity contribution is 6.09. The van der Waals surface area contributed by atoms with Crippen LogP contribution >= 0.6 is 0 Å². The second kappa shape index (κ2) is 11.8. The first-order valence-corrected chi connectivity index (χ1v) is 12.6. The molecule has 0 radical (unpaired) electrons. The standard InChI is InChI=1S/C29H33N3O5/c1-4-36-29(35)21-13-17-24(18-14-21)32(28(34)25-10-7-19-37-25)26(27(33)30-22-8-5-6-9-22)20-11-15-23(16-12-20)31(2)3/h7,10-19,22,26H,4-6,8-9H2,1-3H3,(H,30,33)/t26-/m0/s1. The Bertz CT molecular complexity index is 1200. The van der Waals surface area contributed by atoms with Crippen molar-refractivity contribution in [3.8, 4) is 0 Å². The lowest BCUT2D eigenvalue weighted by molar-refractivity contribution is -0.123. The minimum absolute atomic E-state index is 0.0720. The highest BCUT2D eigenvalue weighted by Crippen LogP contribution is 2.32. The first-order chi connectivity index (χ1) is 17.9. The fraction of sp³-hybridized carbons (Fsp3) is 0.345. The number of hydrogen-bond acceptors (Lipinski definition) is 6. The van der Waals surface area contributed by atoms with Crippen LogP contribution in [0.25, 0.3) is 0 Å². The largest absolute Gasteiger partial charge is 0.462 e. The average Bonchev–Trinajstić information content (AvgIpc) is 3.62. The Morgan fingerprint density at radius 1 is 0.973 bits per heavy atom. The molecular formula is C29H33N3O5. The first kappa shape index (κ1) is 26.0. The zero-order valence-corrected chi connectivity index (χ0v) is 21.5. The molecule has 1 aliphatic carbocycles. The Morgan fingerprint density at radius 3 is 2.19 bits per heavy atom. The summed E-state index contributed by atoms with van der Waals surface area (Å²) >= 11 is 0. The summed E-state index contributed by atoms with van der Waals surface area (Å²) in [6.07, 6.45) is 5.39. The van der Waals surface area contributed by atoms with E-state index >= 15 is 0 Å². The van der Waals surface area contributed by atoms with Gasteiger partial charge in [0.05, 0.1) is 18.4 Å². The summed E-state index contributed by atoms with van der Waals surface area (Å²) in [6.45, 7) is 2.00. The Hall–Kier alpha value is -4.07. The molecule has 1 heterocycles. The van der Waals surface area contributed by atoms with E-state index in [1.54, 1.807) is 43.3 Å². The SMILES string of the molecule is CCOC(=O)c1ccc(N(C(=O)c2ccco2)[C@H](C(=O)NC2CCCC2)c2ccc(N(C)C)cc2)cc1. The summed E-state index contributed by atoms with van der Waals surface area (Å²) in [7, 11) is 3.88. The summed E-state index contributed by atoms with van der Waals surface area (Å²) in [5.41, 5.74) is 2.45. The van der Waals surface area contributed by atoms with Crippen LogP contribution in [0.15, 0.2) is 71.3 Å². The van der Waals surface area contributed by atoms with Crippen molar-refractivity contribution >= 4 is 29.2 Å². The summed E-state index contributed by atoms with van der Waals surface area (Å²) in [5, 5.41) is 3.16. The third-order valence-electron chi connectivity index (χ3n) is 6.54. The maximum absolute atomic E-state index is 13.8. The number of anilines is 2. The molecule has 1 atom stereocenters. The van der Waals surface area contributed by atoms with Crippen molar-refractivity contribution in [2.75, 3.05) is 30.5 Å². The fourth-order valence-electron chi connectivity index (χ4n) is 4.60. The molecule has 0 unspecified atom stereocenters. The van der Waals surface area contributed by atoms with Crippen LogP contribution < -0.4 is 15.1 Å². The van der Waals surface area contributed by atoms with E-state index in [1.165, 1.54) is 11.2 Å². The molecule has 0 bridgehead atoms. The van der Waals surface area contributed by atoms with E-state index in [0.717, 1.165) is 31.4 Å². The van der Waals surface area contributed by atoms with E-state index in [0.29, 0.717) is 16.8 Å². The van der Waals surface area contributed by atoms with E-state index in [1.807, 2.05) is 43.3 Å². The van der Waals surface area contributed by atoms with Crippen LogP contribution in [0.2, 0.25) is 0 Å². The third-order valence-corrected chi connectivity index (χ3v) is 6.54. The van der Waals surface area contributed by atoms with Gasteiger partial charge in [-0.2, -0.15) is 0 Å². The lowest BCUT2D eigenvalue weighted by Gasteiger charge is -2.32. The number of benzene rings is 2. The second-order valence-corrected chi connectivity index (χ2v) is 9.30. The molecule has 0 aliphatic heterocycles. The molecule has 194 valence electrons. The van der Waals surface area contributed by atoms with E-state index in [2.05, 4.69) is 5.32 Å². The average molecular weight is 504 g/mol. The molecule has 1 fully saturated rings. The van der Waals surface area contributed by atoms with Crippen LogP contribution in [0.5, 0.6) is 0 Å². The Balaban J connectivity index is 1.78. The summed E-state index contributed by atoms with van der Waals surface area (Å²) in [4.78, 5) is 43.3. The number of ether oxygens (including phenoxy) is 1. The maximum Gasteiger partial charge on any atom is 0.338 e. The van der Waals surface area contributed by atoms with Crippen molar-refractivity contribution in [1.29, 1.82) is 0 Å². The molecule has 1 N–H and O–H groups in total. The van der Waals surface area contributed by atoms with Gasteiger partial charge in [-0.15, -0.1) is 0 Å². The Kier molecular flexibility index (Phi) is 8.28. The minimum atomic E-state index is -0.956. The number of carbonyl (C=O) groups is 3. The van der Waals surface area contributed by atoms with Crippen molar-refractivity contribution in [1.82, 2.24) is 5.32 Å². The van der Waals surface area contributed by atoms with Gasteiger partial charge in [-0.3, -0.25) is 14.5 Å². The van der Waals surface area contributed by atoms with E-state index in [-0.39, 0.29) is 24.3 Å². The van der Waals surface area contributed by atoms with E-state index in [4.69, 9.17) is 9.15 Å². The molecule has 3 aromatic rings. The van der Waals surface area contributed by atoms with Gasteiger partial charge in [-0.05, 0) is 73.9 Å². The molecule has 8 heteroatoms. The number of carbonyl (C=O) groups excluding carboxylic acids is 3. The monoisotopic (exact) mass is 503 g/mol. The smallest absolute Gasteiger partial charge is 0.338 e. The second-order valence-electron chi connectivity index (χ2n) is 9.30. The molecule has 8 nitrogen and oxygen atoms in total. The molecule has 1 aromatic heterocycles. The quantitative estimate of drug-likeness (QED) is 0.415. The van der Waals surface area contributed by atoms with Gasteiger partial charge >= 0.3 is 5.97 Å². The van der Waals surface area contributed by atoms with Gasteiger partial charge in [0.15, 0.2) is 5.76 Å². The summed E-state index contributed by atoms with van der Waals surface area (Å²) in [6, 6.07) is 16.4. The van der Waals surface area contributed by atoms with Crippen LogP contribution in [0.3, 0.4) is 0 Å². The Morgan fingerprint density at radius 2 is 1.62 bits per heavy atom. The normalized spacial score (nSPS) is 14.1. The van der Waals surface area contributed by atoms with Gasteiger partial charge in [0.25, 0.3) is 5.91 Å². The fourth-order valence-corrected chi connectivity index (χ4v) is 4.60. The van der Waals surface area contributed by atoms with Crippen molar-refractivity contribution in [2.24, 2.45) is 0 Å². The zero-order valence-electron chi connectivity index (χ0n) is 21.5. The topological polar surface area (TPSA) is 92.1 Å². The third kappa shape index (κ3) is 6.02. The van der Waals surface area contributed by atoms with Gasteiger partial charge < -0.3 is 19.4 Å². The predicted molar refractivity (Wildman–Crippen MR) is 142 cm³/mol. The van der Waals surface area contributed by atoms with Crippen LogP contribution in [0, 0.1) is 0 Å². The summed E-state index contributed by atoms with van der Waals surface area (Å²) < 4.78 is 10.5. The minimum Gasteiger partial charge on any atom is -0.462 e. The van der Waals surface area contributed by atoms with Gasteiger partial charge in [-0.25, -0.2) is 4.79 Å². The van der Waals surface area contributed by atoms with E-state index < -0.39 is 17.9 Å². The van der Waals surface area contributed by atoms with Crippen LogP contribution in [0.4, 0.5) is 11.4 Å². The number of nitrogens with zero attached hydrogens (tertiary/aromatic N) is 2. The van der Waals surface area contributed by atoms with Crippen LogP contribution in [0.1, 0.15) is 65.1 Å². The molecule has 2 amide bonds. The molecule has 37 heavy (non-hydrogen) atoms. The molecule has 0 saturated heterocycles. The molecular weight excluding hydrogens is 470 g/mol. The number of nitrogens with one attached hydrogen (secondary N) is 1. The van der Waals surface area contributed by atoms with Crippen LogP contribution in [-0.4, -0.2) is 44.5 Å². The first-order valence-electron chi connectivity index (χ1n) is 12.6. The van der Waals surface area contributed by atoms with E-state index in [9.17, 15) is 14.4 Å². The Labute approximate surface area is 217 Å². The highest BCUT2D eigenvalue weighted by Gasteiger charge is 2.36. The number of hydrogen-bond donors (Lipinski definition) is 1. The van der Waals surface area contributed by atoms with Crippen molar-refractivity contribution in [3.05, 3.63) is 83.8 Å². The molecule has 1 aliphatic rings. The van der Waals surface area contributed by atoms with Crippen molar-refractivity contribution in [2.45, 2.75) is 44.7 Å². The maximum atomic E-state index is 13.8. The molecule has 0 spiro atoms. The summed E-state index contributed by atoms with van der Waals surface area (Å²) in [5.74, 6) is -1.07. The van der Waals surface area contributed by atoms with Gasteiger partial charge in [0.2, 0.25) is 5.91 Å². The lowest BCUT2D eigenvalue weighted by atomic mass is 10.0. The predicted octanol–water partition coefficient (Wildman–Crippen LogP) is 4.97. The highest BCUT2D eigenvalue weighted by atomic mass is 16.5. The molecule has 4 rings (SSSR count). The molecule has 1 saturated carbocycles. The number of furan rings is 1. The zero-order chi connectivity index (χ0) is 26.4. The van der Waals surface area contributed by atoms with Gasteiger partial charge in [-0.1, -0.05) is 25.0 Å². The van der Waals surface area contributed by atoms with Crippen molar-refractivity contribution in [3.63, 3.8) is 0 Å². The molecule has 2 aromatic carbocycles. The number of amides is 2. The number of esters is 1. The van der Waals surface area contributed by atoms with Gasteiger partial charge in [0, 0.05) is 31.5 Å². The van der Waals surface area contributed by atoms with Crippen molar-refractivity contribution < 1.29 is 23.5 Å². The van der Waals surface area contributed by atoms with Gasteiger partial charge in [0.1, 0.15) is 6.04 Å². The lowest BCUT2D eigenvalue weighted by Crippen LogP contribution is -2.46. The van der Waals surface area contributed by atoms with Crippen LogP contribution in [-0.2, 0) is 9.53 Å².